The highest BCUT2D eigenvalue weighted by molar-refractivity contribution is 6.07. The molecule has 2 fully saturated rings. The fourth-order valence-corrected chi connectivity index (χ4v) is 6.22. The van der Waals surface area contributed by atoms with Crippen molar-refractivity contribution in [2.24, 2.45) is 11.3 Å². The van der Waals surface area contributed by atoms with E-state index in [9.17, 15) is 4.79 Å². The van der Waals surface area contributed by atoms with E-state index < -0.39 is 0 Å². The number of amides is 1. The Labute approximate surface area is 214 Å². The summed E-state index contributed by atoms with van der Waals surface area (Å²) in [5, 5.41) is 4.29. The molecule has 1 aliphatic carbocycles. The molecule has 36 heavy (non-hydrogen) atoms. The second-order valence-corrected chi connectivity index (χ2v) is 11.3. The van der Waals surface area contributed by atoms with Crippen molar-refractivity contribution in [3.8, 4) is 5.75 Å². The summed E-state index contributed by atoms with van der Waals surface area (Å²) in [5.41, 5.74) is 3.05. The Morgan fingerprint density at radius 2 is 1.69 bits per heavy atom. The summed E-state index contributed by atoms with van der Waals surface area (Å²) in [4.78, 5) is 23.2. The predicted octanol–water partition coefficient (Wildman–Crippen LogP) is 5.51. The van der Waals surface area contributed by atoms with Crippen molar-refractivity contribution in [1.29, 1.82) is 0 Å². The highest BCUT2D eigenvalue weighted by Gasteiger charge is 2.33. The fourth-order valence-electron chi connectivity index (χ4n) is 6.22. The maximum absolute atomic E-state index is 13.6. The molecule has 6 heteroatoms. The zero-order valence-electron chi connectivity index (χ0n) is 22.0. The van der Waals surface area contributed by atoms with Gasteiger partial charge in [-0.05, 0) is 67.0 Å². The highest BCUT2D eigenvalue weighted by atomic mass is 16.5. The van der Waals surface area contributed by atoms with Crippen LogP contribution < -0.4 is 19.9 Å². The SMILES string of the molecule is COc1ccc(N2CCN(c3cc(C(=O)N[C@@H]4C[C@@H](C)CC(C)(C)C4)c4ccccc4n3)CC2)cc1. The van der Waals surface area contributed by atoms with Gasteiger partial charge in [-0.2, -0.15) is 0 Å². The first-order chi connectivity index (χ1) is 17.3. The molecule has 2 aliphatic rings. The third-order valence-corrected chi connectivity index (χ3v) is 7.71. The average molecular weight is 487 g/mol. The predicted molar refractivity (Wildman–Crippen MR) is 147 cm³/mol. The van der Waals surface area contributed by atoms with E-state index in [0.717, 1.165) is 67.1 Å². The van der Waals surface area contributed by atoms with Gasteiger partial charge in [-0.15, -0.1) is 0 Å². The summed E-state index contributed by atoms with van der Waals surface area (Å²) in [6, 6.07) is 18.4. The number of para-hydroxylation sites is 1. The Morgan fingerprint density at radius 3 is 2.39 bits per heavy atom. The number of aromatic nitrogens is 1. The fraction of sp³-hybridized carbons (Fsp3) is 0.467. The first-order valence-corrected chi connectivity index (χ1v) is 13.2. The Bertz CT molecular complexity index is 1220. The van der Waals surface area contributed by atoms with Gasteiger partial charge < -0.3 is 19.9 Å². The van der Waals surface area contributed by atoms with E-state index >= 15 is 0 Å². The number of fused-ring (bicyclic) bond motifs is 1. The Kier molecular flexibility index (Phi) is 6.78. The minimum absolute atomic E-state index is 0.0154. The molecule has 0 unspecified atom stereocenters. The molecule has 1 N–H and O–H groups in total. The molecule has 0 bridgehead atoms. The first kappa shape index (κ1) is 24.4. The molecular weight excluding hydrogens is 448 g/mol. The van der Waals surface area contributed by atoms with Gasteiger partial charge in [-0.1, -0.05) is 39.0 Å². The number of nitrogens with one attached hydrogen (secondary N) is 1. The number of pyridine rings is 1. The monoisotopic (exact) mass is 486 g/mol. The number of piperazine rings is 1. The lowest BCUT2D eigenvalue weighted by molar-refractivity contribution is 0.0876. The molecule has 1 amide bonds. The standard InChI is InChI=1S/C30H38N4O2/c1-21-17-22(20-30(2,3)19-21)31-29(35)26-18-28(32-27-8-6-5-7-25(26)27)34-15-13-33(14-16-34)23-9-11-24(36-4)12-10-23/h5-12,18,21-22H,13-17,19-20H2,1-4H3,(H,31,35)/t21-,22-/m1/s1. The van der Waals surface area contributed by atoms with Crippen LogP contribution in [-0.2, 0) is 0 Å². The van der Waals surface area contributed by atoms with Crippen LogP contribution in [0.25, 0.3) is 10.9 Å². The van der Waals surface area contributed by atoms with Crippen molar-refractivity contribution in [3.63, 3.8) is 0 Å². The normalized spacial score (nSPS) is 21.9. The first-order valence-electron chi connectivity index (χ1n) is 13.2. The van der Waals surface area contributed by atoms with Crippen molar-refractivity contribution in [1.82, 2.24) is 10.3 Å². The average Bonchev–Trinajstić information content (AvgIpc) is 2.87. The summed E-state index contributed by atoms with van der Waals surface area (Å²) in [6.07, 6.45) is 3.27. The molecule has 1 saturated carbocycles. The minimum atomic E-state index is 0.0154. The van der Waals surface area contributed by atoms with E-state index in [1.807, 2.05) is 42.5 Å². The Balaban J connectivity index is 1.34. The summed E-state index contributed by atoms with van der Waals surface area (Å²) >= 11 is 0. The van der Waals surface area contributed by atoms with Gasteiger partial charge in [-0.3, -0.25) is 4.79 Å². The lowest BCUT2D eigenvalue weighted by Crippen LogP contribution is -2.47. The van der Waals surface area contributed by atoms with Crippen molar-refractivity contribution in [2.75, 3.05) is 43.1 Å². The maximum atomic E-state index is 13.6. The molecule has 1 aliphatic heterocycles. The molecule has 2 heterocycles. The van der Waals surface area contributed by atoms with Crippen LogP contribution in [-0.4, -0.2) is 50.2 Å². The number of ether oxygens (including phenoxy) is 1. The number of benzene rings is 2. The largest absolute Gasteiger partial charge is 0.497 e. The number of methoxy groups -OCH3 is 1. The quantitative estimate of drug-likeness (QED) is 0.515. The zero-order valence-corrected chi connectivity index (χ0v) is 22.0. The lowest BCUT2D eigenvalue weighted by Gasteiger charge is -2.39. The Morgan fingerprint density at radius 1 is 1.00 bits per heavy atom. The summed E-state index contributed by atoms with van der Waals surface area (Å²) < 4.78 is 5.29. The number of hydrogen-bond acceptors (Lipinski definition) is 5. The van der Waals surface area contributed by atoms with E-state index in [1.165, 1.54) is 12.1 Å². The summed E-state index contributed by atoms with van der Waals surface area (Å²) in [5.74, 6) is 2.38. The molecule has 2 atom stereocenters. The van der Waals surface area contributed by atoms with Crippen LogP contribution in [0, 0.1) is 11.3 Å². The van der Waals surface area contributed by atoms with Gasteiger partial charge in [0.25, 0.3) is 5.91 Å². The third kappa shape index (κ3) is 5.28. The van der Waals surface area contributed by atoms with Gasteiger partial charge in [-0.25, -0.2) is 4.98 Å². The van der Waals surface area contributed by atoms with Gasteiger partial charge in [0.15, 0.2) is 0 Å². The molecule has 3 aromatic rings. The minimum Gasteiger partial charge on any atom is -0.497 e. The molecule has 1 saturated heterocycles. The maximum Gasteiger partial charge on any atom is 0.252 e. The smallest absolute Gasteiger partial charge is 0.252 e. The molecule has 1 aromatic heterocycles. The van der Waals surface area contributed by atoms with Crippen molar-refractivity contribution in [3.05, 3.63) is 60.2 Å². The number of hydrogen-bond donors (Lipinski definition) is 1. The molecule has 6 nitrogen and oxygen atoms in total. The van der Waals surface area contributed by atoms with E-state index in [0.29, 0.717) is 5.92 Å². The van der Waals surface area contributed by atoms with Gasteiger partial charge >= 0.3 is 0 Å². The van der Waals surface area contributed by atoms with Crippen LogP contribution in [0.15, 0.2) is 54.6 Å². The lowest BCUT2D eigenvalue weighted by atomic mass is 9.70. The van der Waals surface area contributed by atoms with Crippen molar-refractivity contribution < 1.29 is 9.53 Å². The molecular formula is C30H38N4O2. The Hall–Kier alpha value is -3.28. The second-order valence-electron chi connectivity index (χ2n) is 11.3. The van der Waals surface area contributed by atoms with Crippen LogP contribution in [0.5, 0.6) is 5.75 Å². The van der Waals surface area contributed by atoms with Crippen LogP contribution in [0.2, 0.25) is 0 Å². The number of carbonyl (C=O) groups excluding carboxylic acids is 1. The molecule has 0 radical (unpaired) electrons. The summed E-state index contributed by atoms with van der Waals surface area (Å²) in [6.45, 7) is 10.4. The van der Waals surface area contributed by atoms with Gasteiger partial charge in [0.05, 0.1) is 18.2 Å². The third-order valence-electron chi connectivity index (χ3n) is 7.71. The van der Waals surface area contributed by atoms with E-state index in [2.05, 4.69) is 48.0 Å². The van der Waals surface area contributed by atoms with E-state index in [1.54, 1.807) is 7.11 Å². The number of anilines is 2. The van der Waals surface area contributed by atoms with Gasteiger partial charge in [0.1, 0.15) is 11.6 Å². The molecule has 0 spiro atoms. The number of carbonyl (C=O) groups is 1. The molecule has 190 valence electrons. The van der Waals surface area contributed by atoms with E-state index in [4.69, 9.17) is 9.72 Å². The molecule has 2 aromatic carbocycles. The van der Waals surface area contributed by atoms with Gasteiger partial charge in [0.2, 0.25) is 0 Å². The van der Waals surface area contributed by atoms with Crippen LogP contribution in [0.3, 0.4) is 0 Å². The van der Waals surface area contributed by atoms with Crippen molar-refractivity contribution >= 4 is 28.3 Å². The topological polar surface area (TPSA) is 57.7 Å². The summed E-state index contributed by atoms with van der Waals surface area (Å²) in [7, 11) is 1.69. The second kappa shape index (κ2) is 10.00. The number of rotatable bonds is 5. The van der Waals surface area contributed by atoms with Crippen molar-refractivity contribution in [2.45, 2.75) is 46.1 Å². The number of nitrogens with zero attached hydrogens (tertiary/aromatic N) is 3. The van der Waals surface area contributed by atoms with Crippen LogP contribution >= 0.6 is 0 Å². The van der Waals surface area contributed by atoms with Crippen LogP contribution in [0.1, 0.15) is 50.4 Å². The zero-order chi connectivity index (χ0) is 25.3. The van der Waals surface area contributed by atoms with E-state index in [-0.39, 0.29) is 17.4 Å². The molecule has 5 rings (SSSR count). The van der Waals surface area contributed by atoms with Crippen LogP contribution in [0.4, 0.5) is 11.5 Å². The van der Waals surface area contributed by atoms with Gasteiger partial charge in [0, 0.05) is 43.3 Å². The highest BCUT2D eigenvalue weighted by Crippen LogP contribution is 2.38.